The van der Waals surface area contributed by atoms with Gasteiger partial charge < -0.3 is 10.1 Å². The largest absolute Gasteiger partial charge is 0.466 e. The Morgan fingerprint density at radius 1 is 1.10 bits per heavy atom. The second kappa shape index (κ2) is 8.78. The molecule has 9 heteroatoms. The van der Waals surface area contributed by atoms with Crippen LogP contribution in [0.5, 0.6) is 0 Å². The zero-order chi connectivity index (χ0) is 21.8. The number of ether oxygens (including phenoxy) is 1. The van der Waals surface area contributed by atoms with Crippen molar-refractivity contribution in [2.75, 3.05) is 13.7 Å². The maximum atomic E-state index is 12.9. The number of nitrogens with one attached hydrogen (secondary N) is 2. The van der Waals surface area contributed by atoms with E-state index in [1.165, 1.54) is 12.0 Å². The van der Waals surface area contributed by atoms with Crippen molar-refractivity contribution in [2.24, 2.45) is 0 Å². The van der Waals surface area contributed by atoms with Crippen LogP contribution in [0.15, 0.2) is 65.9 Å². The van der Waals surface area contributed by atoms with Crippen molar-refractivity contribution in [3.63, 3.8) is 0 Å². The molecule has 31 heavy (non-hydrogen) atoms. The highest BCUT2D eigenvalue weighted by Crippen LogP contribution is 2.32. The van der Waals surface area contributed by atoms with Gasteiger partial charge in [-0.25, -0.2) is 9.59 Å². The first-order valence-corrected chi connectivity index (χ1v) is 9.83. The van der Waals surface area contributed by atoms with Crippen LogP contribution < -0.4 is 5.32 Å². The van der Waals surface area contributed by atoms with Crippen molar-refractivity contribution in [1.29, 1.82) is 0 Å². The molecule has 1 atom stereocenters. The first kappa shape index (κ1) is 20.3. The number of carbonyl (C=O) groups is 2. The van der Waals surface area contributed by atoms with Gasteiger partial charge in [0.2, 0.25) is 0 Å². The lowest BCUT2D eigenvalue weighted by molar-refractivity contribution is -0.136. The summed E-state index contributed by atoms with van der Waals surface area (Å²) in [5.41, 5.74) is 3.87. The number of tetrazole rings is 1. The number of carbonyl (C=O) groups excluding carboxylic acids is 2. The molecular formula is C22H22N6O3. The number of aromatic amines is 1. The fourth-order valence-corrected chi connectivity index (χ4v) is 3.67. The fourth-order valence-electron chi connectivity index (χ4n) is 3.67. The average molecular weight is 418 g/mol. The molecule has 0 saturated carbocycles. The SMILES string of the molecule is COC(=O)C1=C(C)N(CCc2nn[nH]n2)C(=O)NC1c1ccc(-c2ccccc2)cc1. The standard InChI is InChI=1S/C22H22N6O3/c1-14-19(21(29)31-2)20(23-22(30)28(14)13-12-18-24-26-27-25-18)17-10-8-16(9-11-17)15-6-4-3-5-7-15/h3-11,20H,12-13H2,1-2H3,(H,23,30)(H,24,25,26,27). The summed E-state index contributed by atoms with van der Waals surface area (Å²) in [6, 6.07) is 16.9. The van der Waals surface area contributed by atoms with Gasteiger partial charge in [0.15, 0.2) is 5.82 Å². The molecule has 2 heterocycles. The lowest BCUT2D eigenvalue weighted by Crippen LogP contribution is -2.48. The molecule has 1 aliphatic heterocycles. The van der Waals surface area contributed by atoms with E-state index in [-0.39, 0.29) is 6.03 Å². The Morgan fingerprint density at radius 3 is 2.45 bits per heavy atom. The molecule has 1 unspecified atom stereocenters. The van der Waals surface area contributed by atoms with E-state index in [1.54, 1.807) is 6.92 Å². The summed E-state index contributed by atoms with van der Waals surface area (Å²) in [5.74, 6) is -0.00182. The van der Waals surface area contributed by atoms with Crippen molar-refractivity contribution in [2.45, 2.75) is 19.4 Å². The van der Waals surface area contributed by atoms with Crippen LogP contribution >= 0.6 is 0 Å². The molecule has 2 amide bonds. The van der Waals surface area contributed by atoms with Gasteiger partial charge in [0, 0.05) is 18.7 Å². The molecule has 4 rings (SSSR count). The number of hydrogen-bond donors (Lipinski definition) is 2. The first-order chi connectivity index (χ1) is 15.1. The highest BCUT2D eigenvalue weighted by molar-refractivity contribution is 5.95. The normalized spacial score (nSPS) is 16.3. The van der Waals surface area contributed by atoms with Crippen LogP contribution in [0.2, 0.25) is 0 Å². The van der Waals surface area contributed by atoms with Crippen molar-refractivity contribution in [1.82, 2.24) is 30.8 Å². The lowest BCUT2D eigenvalue weighted by atomic mass is 9.93. The Labute approximate surface area is 179 Å². The number of methoxy groups -OCH3 is 1. The molecule has 0 saturated heterocycles. The van der Waals surface area contributed by atoms with Gasteiger partial charge in [0.05, 0.1) is 18.7 Å². The molecule has 158 valence electrons. The highest BCUT2D eigenvalue weighted by Gasteiger charge is 2.36. The maximum Gasteiger partial charge on any atom is 0.337 e. The third-order valence-electron chi connectivity index (χ3n) is 5.30. The summed E-state index contributed by atoms with van der Waals surface area (Å²) in [4.78, 5) is 27.0. The second-order valence-corrected chi connectivity index (χ2v) is 7.09. The molecule has 2 N–H and O–H groups in total. The molecule has 0 bridgehead atoms. The molecule has 0 fully saturated rings. The molecule has 9 nitrogen and oxygen atoms in total. The Hall–Kier alpha value is -4.01. The summed E-state index contributed by atoms with van der Waals surface area (Å²) >= 11 is 0. The van der Waals surface area contributed by atoms with Gasteiger partial charge >= 0.3 is 12.0 Å². The summed E-state index contributed by atoms with van der Waals surface area (Å²) in [6.07, 6.45) is 0.395. The fraction of sp³-hybridized carbons (Fsp3) is 0.227. The van der Waals surface area contributed by atoms with Crippen molar-refractivity contribution < 1.29 is 14.3 Å². The van der Waals surface area contributed by atoms with Crippen LogP contribution in [0.1, 0.15) is 24.4 Å². The van der Waals surface area contributed by atoms with Crippen LogP contribution in [-0.4, -0.2) is 51.2 Å². The quantitative estimate of drug-likeness (QED) is 0.595. The van der Waals surface area contributed by atoms with Crippen molar-refractivity contribution in [3.05, 3.63) is 77.3 Å². The minimum Gasteiger partial charge on any atom is -0.466 e. The van der Waals surface area contributed by atoms with E-state index in [4.69, 9.17) is 4.74 Å². The van der Waals surface area contributed by atoms with Gasteiger partial charge in [-0.15, -0.1) is 10.2 Å². The summed E-state index contributed by atoms with van der Waals surface area (Å²) in [7, 11) is 1.33. The molecular weight excluding hydrogens is 396 g/mol. The number of nitrogens with zero attached hydrogens (tertiary/aromatic N) is 4. The number of hydrogen-bond acceptors (Lipinski definition) is 6. The summed E-state index contributed by atoms with van der Waals surface area (Å²) in [6.45, 7) is 2.05. The average Bonchev–Trinajstić information content (AvgIpc) is 3.32. The van der Waals surface area contributed by atoms with Gasteiger partial charge in [-0.05, 0) is 23.6 Å². The second-order valence-electron chi connectivity index (χ2n) is 7.09. The zero-order valence-electron chi connectivity index (χ0n) is 17.2. The van der Waals surface area contributed by atoms with Gasteiger partial charge in [-0.3, -0.25) is 4.90 Å². The van der Waals surface area contributed by atoms with Crippen LogP contribution in [-0.2, 0) is 16.0 Å². The number of urea groups is 1. The minimum absolute atomic E-state index is 0.300. The molecule has 0 radical (unpaired) electrons. The number of rotatable bonds is 6. The number of esters is 1. The van der Waals surface area contributed by atoms with E-state index in [2.05, 4.69) is 25.9 Å². The monoisotopic (exact) mass is 418 g/mol. The number of H-pyrrole nitrogens is 1. The van der Waals surface area contributed by atoms with Crippen LogP contribution in [0.25, 0.3) is 11.1 Å². The number of aromatic nitrogens is 4. The number of amides is 2. The van der Waals surface area contributed by atoms with Gasteiger partial charge in [-0.2, -0.15) is 5.21 Å². The zero-order valence-corrected chi connectivity index (χ0v) is 17.2. The smallest absolute Gasteiger partial charge is 0.337 e. The maximum absolute atomic E-state index is 12.9. The first-order valence-electron chi connectivity index (χ1n) is 9.83. The molecule has 0 aliphatic carbocycles. The molecule has 0 spiro atoms. The Morgan fingerprint density at radius 2 is 1.81 bits per heavy atom. The van der Waals surface area contributed by atoms with E-state index >= 15 is 0 Å². The van der Waals surface area contributed by atoms with E-state index in [1.807, 2.05) is 54.6 Å². The van der Waals surface area contributed by atoms with Crippen LogP contribution in [0.4, 0.5) is 4.79 Å². The van der Waals surface area contributed by atoms with Crippen molar-refractivity contribution in [3.8, 4) is 11.1 Å². The molecule has 2 aromatic carbocycles. The number of benzene rings is 2. The predicted octanol–water partition coefficient (Wildman–Crippen LogP) is 2.62. The molecule has 1 aliphatic rings. The lowest BCUT2D eigenvalue weighted by Gasteiger charge is -2.35. The predicted molar refractivity (Wildman–Crippen MR) is 112 cm³/mol. The molecule has 3 aromatic rings. The molecule has 1 aromatic heterocycles. The third-order valence-corrected chi connectivity index (χ3v) is 5.30. The van der Waals surface area contributed by atoms with E-state index < -0.39 is 12.0 Å². The summed E-state index contributed by atoms with van der Waals surface area (Å²) < 4.78 is 5.02. The Balaban J connectivity index is 1.63. The third kappa shape index (κ3) is 4.16. The Kier molecular flexibility index (Phi) is 5.74. The topological polar surface area (TPSA) is 113 Å². The van der Waals surface area contributed by atoms with Crippen molar-refractivity contribution >= 4 is 12.0 Å². The van der Waals surface area contributed by atoms with Crippen LogP contribution in [0.3, 0.4) is 0 Å². The minimum atomic E-state index is -0.605. The van der Waals surface area contributed by atoms with Gasteiger partial charge in [0.25, 0.3) is 0 Å². The summed E-state index contributed by atoms with van der Waals surface area (Å²) in [5, 5.41) is 16.6. The van der Waals surface area contributed by atoms with E-state index in [0.717, 1.165) is 16.7 Å². The van der Waals surface area contributed by atoms with Gasteiger partial charge in [0.1, 0.15) is 0 Å². The van der Waals surface area contributed by atoms with E-state index in [0.29, 0.717) is 30.1 Å². The number of allylic oxidation sites excluding steroid dienone is 1. The Bertz CT molecular complexity index is 1090. The highest BCUT2D eigenvalue weighted by atomic mass is 16.5. The van der Waals surface area contributed by atoms with E-state index in [9.17, 15) is 9.59 Å². The van der Waals surface area contributed by atoms with Gasteiger partial charge in [-0.1, -0.05) is 59.8 Å². The van der Waals surface area contributed by atoms with Crippen LogP contribution in [0, 0.1) is 0 Å².